The van der Waals surface area contributed by atoms with E-state index in [-0.39, 0.29) is 10.6 Å². The van der Waals surface area contributed by atoms with E-state index < -0.39 is 14.3 Å². The Labute approximate surface area is 128 Å². The molecule has 0 atom stereocenters. The molecule has 0 N–H and O–H groups in total. The van der Waals surface area contributed by atoms with Crippen LogP contribution in [0.1, 0.15) is 34.6 Å². The molecular weight excluding hydrogens is 292 g/mol. The van der Waals surface area contributed by atoms with Crippen LogP contribution in [0.5, 0.6) is 0 Å². The Kier molecular flexibility index (Phi) is 7.57. The normalized spacial score (nSPS) is 13.2. The zero-order valence-corrected chi connectivity index (χ0v) is 15.3. The van der Waals surface area contributed by atoms with E-state index in [0.717, 1.165) is 0 Å². The minimum atomic E-state index is -1.81. The zero-order valence-electron chi connectivity index (χ0n) is 13.5. The molecule has 0 aromatic carbocycles. The number of hydrogen-bond donors (Lipinski definition) is 0. The molecule has 0 rings (SSSR count). The Bertz CT molecular complexity index is 432. The van der Waals surface area contributed by atoms with Crippen molar-refractivity contribution in [1.29, 1.82) is 0 Å². The Hall–Kier alpha value is -0.763. The van der Waals surface area contributed by atoms with Crippen molar-refractivity contribution in [2.45, 2.75) is 52.8 Å². The molecule has 0 aromatic heterocycles. The summed E-state index contributed by atoms with van der Waals surface area (Å²) in [5, 5.41) is 0.472. The van der Waals surface area contributed by atoms with Gasteiger partial charge in [0, 0.05) is 5.03 Å². The van der Waals surface area contributed by atoms with E-state index in [1.54, 1.807) is 13.8 Å². The number of esters is 1. The summed E-state index contributed by atoms with van der Waals surface area (Å²) in [6.45, 7) is 14.8. The predicted molar refractivity (Wildman–Crippen MR) is 86.1 cm³/mol. The molecule has 0 heterocycles. The summed E-state index contributed by atoms with van der Waals surface area (Å²) in [7, 11) is -1.81. The van der Waals surface area contributed by atoms with E-state index in [1.165, 1.54) is 0 Å². The molecule has 0 amide bonds. The minimum absolute atomic E-state index is 0.136. The van der Waals surface area contributed by atoms with Gasteiger partial charge >= 0.3 is 5.97 Å². The Morgan fingerprint density at radius 1 is 1.30 bits per heavy atom. The first-order chi connectivity index (χ1) is 9.03. The van der Waals surface area contributed by atoms with Crippen LogP contribution in [0.3, 0.4) is 0 Å². The number of carbonyl (C=O) groups is 1. The maximum Gasteiger partial charge on any atom is 0.347 e. The highest BCUT2D eigenvalue weighted by Crippen LogP contribution is 2.36. The number of halogens is 1. The van der Waals surface area contributed by atoms with Gasteiger partial charge in [-0.1, -0.05) is 44.2 Å². The molecule has 0 bridgehead atoms. The summed E-state index contributed by atoms with van der Waals surface area (Å²) in [6.07, 6.45) is 0. The van der Waals surface area contributed by atoms with Gasteiger partial charge in [0.15, 0.2) is 8.32 Å². The third-order valence-electron chi connectivity index (χ3n) is 3.35. The Morgan fingerprint density at radius 2 is 1.85 bits per heavy atom. The lowest BCUT2D eigenvalue weighted by atomic mass is 10.2. The largest absolute Gasteiger partial charge is 0.462 e. The second kappa shape index (κ2) is 7.87. The number of hydrogen-bond acceptors (Lipinski definition) is 3. The van der Waals surface area contributed by atoms with Gasteiger partial charge in [0.25, 0.3) is 0 Å². The molecule has 114 valence electrons. The second-order valence-corrected chi connectivity index (χ2v) is 11.4. The summed E-state index contributed by atoms with van der Waals surface area (Å²) < 4.78 is 10.8. The van der Waals surface area contributed by atoms with Gasteiger partial charge in [0.2, 0.25) is 0 Å². The SMILES string of the molecule is CCOC(=O)/C(C#CCO[Si](C)(C)C(C)(C)C)=C(/C)Cl. The highest BCUT2D eigenvalue weighted by atomic mass is 35.5. The Morgan fingerprint density at radius 3 is 2.25 bits per heavy atom. The first kappa shape index (κ1) is 19.2. The summed E-state index contributed by atoms with van der Waals surface area (Å²) >= 11 is 5.86. The lowest BCUT2D eigenvalue weighted by molar-refractivity contribution is -0.138. The van der Waals surface area contributed by atoms with Crippen molar-refractivity contribution in [2.24, 2.45) is 0 Å². The van der Waals surface area contributed by atoms with Crippen molar-refractivity contribution < 1.29 is 14.0 Å². The summed E-state index contributed by atoms with van der Waals surface area (Å²) in [4.78, 5) is 11.6. The third kappa shape index (κ3) is 6.13. The molecule has 5 heteroatoms. The van der Waals surface area contributed by atoms with Crippen molar-refractivity contribution in [3.63, 3.8) is 0 Å². The summed E-state index contributed by atoms with van der Waals surface area (Å²) in [5.41, 5.74) is 0.201. The van der Waals surface area contributed by atoms with Crippen LogP contribution in [0.2, 0.25) is 18.1 Å². The van der Waals surface area contributed by atoms with Crippen LogP contribution in [0.25, 0.3) is 0 Å². The van der Waals surface area contributed by atoms with Crippen molar-refractivity contribution >= 4 is 25.9 Å². The van der Waals surface area contributed by atoms with E-state index in [2.05, 4.69) is 45.7 Å². The first-order valence-electron chi connectivity index (χ1n) is 6.69. The quantitative estimate of drug-likeness (QED) is 0.339. The van der Waals surface area contributed by atoms with Crippen molar-refractivity contribution in [1.82, 2.24) is 0 Å². The number of ether oxygens (including phenoxy) is 1. The summed E-state index contributed by atoms with van der Waals surface area (Å²) in [6, 6.07) is 0. The first-order valence-corrected chi connectivity index (χ1v) is 9.98. The van der Waals surface area contributed by atoms with E-state index in [9.17, 15) is 4.79 Å². The molecule has 0 aliphatic rings. The van der Waals surface area contributed by atoms with Crippen LogP contribution in [0.4, 0.5) is 0 Å². The van der Waals surface area contributed by atoms with Gasteiger partial charge in [-0.25, -0.2) is 4.79 Å². The smallest absolute Gasteiger partial charge is 0.347 e. The van der Waals surface area contributed by atoms with Crippen LogP contribution in [0.15, 0.2) is 10.6 Å². The molecule has 0 fully saturated rings. The molecule has 3 nitrogen and oxygen atoms in total. The highest BCUT2D eigenvalue weighted by molar-refractivity contribution is 6.74. The zero-order chi connectivity index (χ0) is 16.0. The van der Waals surface area contributed by atoms with E-state index in [1.807, 2.05) is 0 Å². The second-order valence-electron chi connectivity index (χ2n) is 5.98. The lowest BCUT2D eigenvalue weighted by Crippen LogP contribution is -2.40. The monoisotopic (exact) mass is 316 g/mol. The topological polar surface area (TPSA) is 35.5 Å². The van der Waals surface area contributed by atoms with Gasteiger partial charge in [0.05, 0.1) is 13.2 Å². The maximum atomic E-state index is 11.6. The van der Waals surface area contributed by atoms with Crippen molar-refractivity contribution in [2.75, 3.05) is 13.2 Å². The van der Waals surface area contributed by atoms with Crippen molar-refractivity contribution in [3.8, 4) is 11.8 Å². The molecule has 20 heavy (non-hydrogen) atoms. The van der Waals surface area contributed by atoms with Crippen LogP contribution in [0, 0.1) is 11.8 Å². The van der Waals surface area contributed by atoms with Gasteiger partial charge < -0.3 is 9.16 Å². The van der Waals surface area contributed by atoms with E-state index in [0.29, 0.717) is 18.2 Å². The fourth-order valence-electron chi connectivity index (χ4n) is 1.04. The molecule has 0 aliphatic heterocycles. The molecular formula is C15H25ClO3Si. The summed E-state index contributed by atoms with van der Waals surface area (Å²) in [5.74, 6) is 5.12. The fraction of sp³-hybridized carbons (Fsp3) is 0.667. The van der Waals surface area contributed by atoms with Gasteiger partial charge in [-0.05, 0) is 32.0 Å². The Balaban J connectivity index is 4.75. The van der Waals surface area contributed by atoms with Crippen LogP contribution >= 0.6 is 11.6 Å². The van der Waals surface area contributed by atoms with E-state index >= 15 is 0 Å². The molecule has 0 aromatic rings. The molecule has 0 saturated carbocycles. The van der Waals surface area contributed by atoms with Gasteiger partial charge in [-0.3, -0.25) is 0 Å². The number of rotatable bonds is 4. The van der Waals surface area contributed by atoms with Crippen LogP contribution < -0.4 is 0 Å². The van der Waals surface area contributed by atoms with Crippen molar-refractivity contribution in [3.05, 3.63) is 10.6 Å². The molecule has 0 aliphatic carbocycles. The van der Waals surface area contributed by atoms with Gasteiger partial charge in [-0.15, -0.1) is 0 Å². The average Bonchev–Trinajstić information content (AvgIpc) is 2.26. The third-order valence-corrected chi connectivity index (χ3v) is 8.02. The van der Waals surface area contributed by atoms with Crippen LogP contribution in [-0.2, 0) is 14.0 Å². The molecule has 0 saturated heterocycles. The standard InChI is InChI=1S/C15H25ClO3Si/c1-8-18-14(17)13(12(2)16)10-9-11-19-20(6,7)15(3,4)5/h8,11H2,1-7H3/b13-12-. The van der Waals surface area contributed by atoms with E-state index in [4.69, 9.17) is 20.8 Å². The fourth-order valence-corrected chi connectivity index (χ4v) is 2.03. The number of carbonyl (C=O) groups excluding carboxylic acids is 1. The lowest BCUT2D eigenvalue weighted by Gasteiger charge is -2.35. The minimum Gasteiger partial charge on any atom is -0.462 e. The number of allylic oxidation sites excluding steroid dienone is 1. The van der Waals surface area contributed by atoms with Gasteiger partial charge in [-0.2, -0.15) is 0 Å². The predicted octanol–water partition coefficient (Wildman–Crippen LogP) is 4.09. The maximum absolute atomic E-state index is 11.6. The average molecular weight is 317 g/mol. The van der Waals surface area contributed by atoms with Gasteiger partial charge in [0.1, 0.15) is 5.57 Å². The molecule has 0 spiro atoms. The molecule has 0 radical (unpaired) electrons. The van der Waals surface area contributed by atoms with Crippen LogP contribution in [-0.4, -0.2) is 27.5 Å². The highest BCUT2D eigenvalue weighted by Gasteiger charge is 2.36. The molecule has 0 unspecified atom stereocenters.